The molecular formula is C8H12N2O3S. The highest BCUT2D eigenvalue weighted by atomic mass is 32.2. The molecular weight excluding hydrogens is 204 g/mol. The maximum absolute atomic E-state index is 10.3. The van der Waals surface area contributed by atoms with Gasteiger partial charge in [0.1, 0.15) is 0 Å². The Labute approximate surface area is 83.8 Å². The first kappa shape index (κ1) is 10.8. The summed E-state index contributed by atoms with van der Waals surface area (Å²) in [6.45, 7) is 0.537. The van der Waals surface area contributed by atoms with E-state index >= 15 is 0 Å². The molecule has 6 heteroatoms. The summed E-state index contributed by atoms with van der Waals surface area (Å²) in [5, 5.41) is 11.5. The largest absolute Gasteiger partial charge is 0.395 e. The third-order valence-electron chi connectivity index (χ3n) is 1.55. The molecule has 1 aromatic carbocycles. The van der Waals surface area contributed by atoms with Gasteiger partial charge in [0.05, 0.1) is 6.61 Å². The molecule has 0 radical (unpaired) electrons. The van der Waals surface area contributed by atoms with Crippen LogP contribution < -0.4 is 10.0 Å². The number of hydrogen-bond acceptors (Lipinski definition) is 4. The van der Waals surface area contributed by atoms with Crippen molar-refractivity contribution in [3.8, 4) is 0 Å². The van der Waals surface area contributed by atoms with Crippen LogP contribution in [0.15, 0.2) is 24.3 Å². The molecule has 0 unspecified atom stereocenters. The first-order valence-electron chi connectivity index (χ1n) is 4.08. The lowest BCUT2D eigenvalue weighted by Crippen LogP contribution is -2.05. The Kier molecular flexibility index (Phi) is 4.21. The third-order valence-corrected chi connectivity index (χ3v) is 1.99. The molecule has 1 aromatic rings. The topological polar surface area (TPSA) is 78.4 Å². The molecule has 0 bridgehead atoms. The Bertz CT molecular complexity index is 340. The van der Waals surface area contributed by atoms with Crippen LogP contribution in [0.5, 0.6) is 0 Å². The fourth-order valence-electron chi connectivity index (χ4n) is 0.968. The molecule has 0 saturated carbocycles. The van der Waals surface area contributed by atoms with Crippen LogP contribution in [-0.2, 0) is 10.9 Å². The summed E-state index contributed by atoms with van der Waals surface area (Å²) >= 11 is 0. The van der Waals surface area contributed by atoms with Crippen molar-refractivity contribution in [3.05, 3.63) is 24.3 Å². The van der Waals surface area contributed by atoms with Gasteiger partial charge in [-0.2, -0.15) is 0 Å². The van der Waals surface area contributed by atoms with E-state index in [1.165, 1.54) is 0 Å². The molecule has 1 rings (SSSR count). The molecule has 0 aliphatic carbocycles. The second-order valence-electron chi connectivity index (χ2n) is 2.60. The Hall–Kier alpha value is -1.27. The number of thiol groups is 1. The minimum atomic E-state index is -2.61. The van der Waals surface area contributed by atoms with Crippen LogP contribution >= 0.6 is 0 Å². The predicted molar refractivity (Wildman–Crippen MR) is 56.0 cm³/mol. The molecule has 0 aliphatic rings. The van der Waals surface area contributed by atoms with Gasteiger partial charge in [-0.15, -0.1) is 0 Å². The minimum Gasteiger partial charge on any atom is -0.395 e. The van der Waals surface area contributed by atoms with Crippen molar-refractivity contribution in [1.82, 2.24) is 0 Å². The fourth-order valence-corrected chi connectivity index (χ4v) is 1.33. The van der Waals surface area contributed by atoms with Gasteiger partial charge in [-0.1, -0.05) is 0 Å². The van der Waals surface area contributed by atoms with Crippen molar-refractivity contribution in [2.24, 2.45) is 0 Å². The normalized spacial score (nSPS) is 10.1. The van der Waals surface area contributed by atoms with E-state index in [2.05, 4.69) is 10.0 Å². The van der Waals surface area contributed by atoms with Gasteiger partial charge in [-0.25, -0.2) is 8.42 Å². The van der Waals surface area contributed by atoms with Gasteiger partial charge in [-0.3, -0.25) is 4.72 Å². The number of aliphatic hydroxyl groups is 1. The molecule has 3 N–H and O–H groups in total. The third kappa shape index (κ3) is 3.63. The monoisotopic (exact) mass is 216 g/mol. The highest BCUT2D eigenvalue weighted by Gasteiger charge is 1.93. The molecule has 0 saturated heterocycles. The van der Waals surface area contributed by atoms with Crippen LogP contribution in [0, 0.1) is 0 Å². The zero-order valence-electron chi connectivity index (χ0n) is 7.43. The quantitative estimate of drug-likeness (QED) is 0.524. The number of benzene rings is 1. The number of nitrogens with one attached hydrogen (secondary N) is 2. The van der Waals surface area contributed by atoms with Gasteiger partial charge in [0.15, 0.2) is 0 Å². The van der Waals surface area contributed by atoms with Gasteiger partial charge >= 0.3 is 0 Å². The summed E-state index contributed by atoms with van der Waals surface area (Å²) < 4.78 is 22.9. The molecule has 78 valence electrons. The number of hydrogen-bond donors (Lipinski definition) is 4. The van der Waals surface area contributed by atoms with E-state index < -0.39 is 10.9 Å². The Balaban J connectivity index is 2.59. The molecule has 0 atom stereocenters. The van der Waals surface area contributed by atoms with Crippen molar-refractivity contribution < 1.29 is 13.5 Å². The van der Waals surface area contributed by atoms with Crippen LogP contribution in [-0.4, -0.2) is 26.7 Å². The first-order chi connectivity index (χ1) is 6.72. The second-order valence-corrected chi connectivity index (χ2v) is 3.33. The van der Waals surface area contributed by atoms with Crippen molar-refractivity contribution >= 4 is 22.3 Å². The Morgan fingerprint density at radius 3 is 2.21 bits per heavy atom. The summed E-state index contributed by atoms with van der Waals surface area (Å²) in [5.41, 5.74) is 1.36. The molecule has 14 heavy (non-hydrogen) atoms. The molecule has 0 spiro atoms. The molecule has 0 amide bonds. The highest BCUT2D eigenvalue weighted by molar-refractivity contribution is 7.73. The molecule has 0 fully saturated rings. The lowest BCUT2D eigenvalue weighted by molar-refractivity contribution is 0.311. The van der Waals surface area contributed by atoms with Crippen molar-refractivity contribution in [2.75, 3.05) is 23.2 Å². The van der Waals surface area contributed by atoms with E-state index in [4.69, 9.17) is 5.11 Å². The average molecular weight is 216 g/mol. The maximum atomic E-state index is 10.3. The average Bonchev–Trinajstić information content (AvgIpc) is 2.16. The van der Waals surface area contributed by atoms with Crippen LogP contribution in [0.4, 0.5) is 11.4 Å². The van der Waals surface area contributed by atoms with Gasteiger partial charge in [0.2, 0.25) is 10.9 Å². The highest BCUT2D eigenvalue weighted by Crippen LogP contribution is 2.12. The van der Waals surface area contributed by atoms with Gasteiger partial charge in [0.25, 0.3) is 0 Å². The number of aliphatic hydroxyl groups excluding tert-OH is 1. The molecule has 0 heterocycles. The van der Waals surface area contributed by atoms with E-state index in [-0.39, 0.29) is 6.61 Å². The fraction of sp³-hybridized carbons (Fsp3) is 0.250. The van der Waals surface area contributed by atoms with Crippen molar-refractivity contribution in [1.29, 1.82) is 0 Å². The number of rotatable bonds is 5. The lowest BCUT2D eigenvalue weighted by atomic mass is 10.3. The van der Waals surface area contributed by atoms with Gasteiger partial charge in [-0.05, 0) is 24.3 Å². The van der Waals surface area contributed by atoms with Crippen LogP contribution in [0.3, 0.4) is 0 Å². The van der Waals surface area contributed by atoms with E-state index in [0.717, 1.165) is 5.69 Å². The Morgan fingerprint density at radius 2 is 1.71 bits per heavy atom. The minimum absolute atomic E-state index is 0.0619. The van der Waals surface area contributed by atoms with Crippen molar-refractivity contribution in [2.45, 2.75) is 0 Å². The molecule has 0 aromatic heterocycles. The second kappa shape index (κ2) is 5.46. The zero-order valence-corrected chi connectivity index (χ0v) is 8.33. The summed E-state index contributed by atoms with van der Waals surface area (Å²) in [7, 11) is -2.61. The summed E-state index contributed by atoms with van der Waals surface area (Å²) in [6.07, 6.45) is 0. The smallest absolute Gasteiger partial charge is 0.222 e. The Morgan fingerprint density at radius 1 is 1.14 bits per heavy atom. The predicted octanol–water partition coefficient (Wildman–Crippen LogP) is 0.0291. The van der Waals surface area contributed by atoms with E-state index in [0.29, 0.717) is 12.2 Å². The van der Waals surface area contributed by atoms with E-state index in [1.807, 2.05) is 0 Å². The summed E-state index contributed by atoms with van der Waals surface area (Å²) in [6, 6.07) is 6.75. The van der Waals surface area contributed by atoms with Gasteiger partial charge < -0.3 is 10.4 Å². The van der Waals surface area contributed by atoms with Crippen LogP contribution in [0.25, 0.3) is 0 Å². The summed E-state index contributed by atoms with van der Waals surface area (Å²) in [5.74, 6) is 0. The van der Waals surface area contributed by atoms with Gasteiger partial charge in [0, 0.05) is 17.9 Å². The van der Waals surface area contributed by atoms with Crippen molar-refractivity contribution in [3.63, 3.8) is 0 Å². The first-order valence-corrected chi connectivity index (χ1v) is 5.26. The van der Waals surface area contributed by atoms with Crippen LogP contribution in [0.1, 0.15) is 0 Å². The van der Waals surface area contributed by atoms with E-state index in [9.17, 15) is 8.42 Å². The van der Waals surface area contributed by atoms with E-state index in [1.54, 1.807) is 24.3 Å². The standard InChI is InChI=1S/C8H12N2O3S/c11-6-5-9-7-1-3-8(4-2-7)10-14(12)13/h1-4,9,11,14H,5-6H2,(H,10,12,13). The summed E-state index contributed by atoms with van der Waals surface area (Å²) in [4.78, 5) is 0. The number of anilines is 2. The SMILES string of the molecule is O=[SH](=O)Nc1ccc(NCCO)cc1. The van der Waals surface area contributed by atoms with Crippen LogP contribution in [0.2, 0.25) is 0 Å². The lowest BCUT2D eigenvalue weighted by Gasteiger charge is -2.04. The molecule has 5 nitrogen and oxygen atoms in total. The molecule has 0 aliphatic heterocycles. The zero-order chi connectivity index (χ0) is 10.4. The maximum Gasteiger partial charge on any atom is 0.222 e.